The van der Waals surface area contributed by atoms with E-state index in [2.05, 4.69) is 15.6 Å². The number of hydrogen-bond acceptors (Lipinski definition) is 2. The second-order valence-electron chi connectivity index (χ2n) is 6.18. The Hall–Kier alpha value is -0.460. The number of guanidine groups is 1. The zero-order chi connectivity index (χ0) is 18.9. The maximum absolute atomic E-state index is 12.3. The molecule has 1 fully saturated rings. The third kappa shape index (κ3) is 12.8. The van der Waals surface area contributed by atoms with Crippen LogP contribution in [0.5, 0.6) is 0 Å². The molecule has 11 heteroatoms. The van der Waals surface area contributed by atoms with E-state index >= 15 is 0 Å². The number of halogens is 7. The van der Waals surface area contributed by atoms with E-state index in [0.717, 1.165) is 6.42 Å². The van der Waals surface area contributed by atoms with Gasteiger partial charge in [-0.25, -0.2) is 0 Å². The number of nitrogens with zero attached hydrogens (tertiary/aromatic N) is 2. The lowest BCUT2D eigenvalue weighted by Gasteiger charge is -2.32. The van der Waals surface area contributed by atoms with Crippen LogP contribution < -0.4 is 10.6 Å². The molecule has 1 rings (SSSR count). The van der Waals surface area contributed by atoms with E-state index in [1.807, 2.05) is 6.92 Å². The van der Waals surface area contributed by atoms with Crippen LogP contribution in [0.1, 0.15) is 32.6 Å². The highest BCUT2D eigenvalue weighted by Crippen LogP contribution is 2.24. The Bertz CT molecular complexity index is 406. The molecule has 156 valence electrons. The van der Waals surface area contributed by atoms with E-state index in [4.69, 9.17) is 0 Å². The minimum absolute atomic E-state index is 0. The topological polar surface area (TPSA) is 39.7 Å². The van der Waals surface area contributed by atoms with Gasteiger partial charge in [-0.15, -0.1) is 24.0 Å². The van der Waals surface area contributed by atoms with Crippen molar-refractivity contribution in [3.8, 4) is 0 Å². The van der Waals surface area contributed by atoms with E-state index in [1.165, 1.54) is 4.90 Å². The van der Waals surface area contributed by atoms with Crippen LogP contribution in [0, 0.1) is 5.92 Å². The molecule has 0 aromatic heterocycles. The smallest absolute Gasteiger partial charge is 0.357 e. The van der Waals surface area contributed by atoms with Gasteiger partial charge < -0.3 is 10.6 Å². The summed E-state index contributed by atoms with van der Waals surface area (Å²) in [7, 11) is 0. The number of nitrogens with one attached hydrogen (secondary N) is 2. The Morgan fingerprint density at radius 1 is 1.04 bits per heavy atom. The minimum atomic E-state index is -4.21. The number of likely N-dealkylation sites (tertiary alicyclic amines) is 1. The van der Waals surface area contributed by atoms with Crippen molar-refractivity contribution in [3.05, 3.63) is 0 Å². The van der Waals surface area contributed by atoms with Gasteiger partial charge >= 0.3 is 12.4 Å². The average Bonchev–Trinajstić information content (AvgIpc) is 2.46. The Morgan fingerprint density at radius 2 is 1.65 bits per heavy atom. The van der Waals surface area contributed by atoms with E-state index < -0.39 is 25.3 Å². The Kier molecular flexibility index (Phi) is 11.9. The average molecular weight is 504 g/mol. The highest BCUT2D eigenvalue weighted by atomic mass is 127. The van der Waals surface area contributed by atoms with E-state index in [-0.39, 0.29) is 30.5 Å². The van der Waals surface area contributed by atoms with Crippen LogP contribution in [0.3, 0.4) is 0 Å². The van der Waals surface area contributed by atoms with Gasteiger partial charge in [0, 0.05) is 19.6 Å². The number of aliphatic imine (C=N–C) groups is 1. The van der Waals surface area contributed by atoms with Gasteiger partial charge in [0.05, 0.1) is 13.0 Å². The molecule has 0 aromatic rings. The first-order chi connectivity index (χ1) is 11.6. The molecule has 0 spiro atoms. The first kappa shape index (κ1) is 25.5. The Morgan fingerprint density at radius 3 is 2.15 bits per heavy atom. The maximum atomic E-state index is 12.3. The molecule has 1 heterocycles. The van der Waals surface area contributed by atoms with Crippen molar-refractivity contribution in [1.29, 1.82) is 0 Å². The number of alkyl halides is 6. The van der Waals surface area contributed by atoms with E-state index in [0.29, 0.717) is 50.9 Å². The predicted octanol–water partition coefficient (Wildman–Crippen LogP) is 3.78. The first-order valence-corrected chi connectivity index (χ1v) is 8.47. The highest BCUT2D eigenvalue weighted by molar-refractivity contribution is 14.0. The fourth-order valence-electron chi connectivity index (χ4n) is 2.71. The summed E-state index contributed by atoms with van der Waals surface area (Å²) in [5.41, 5.74) is 0. The lowest BCUT2D eigenvalue weighted by Crippen LogP contribution is -2.40. The molecule has 0 bridgehead atoms. The molecule has 0 aliphatic carbocycles. The van der Waals surface area contributed by atoms with E-state index in [9.17, 15) is 26.3 Å². The summed E-state index contributed by atoms with van der Waals surface area (Å²) in [6.07, 6.45) is -7.23. The fraction of sp³-hybridized carbons (Fsp3) is 0.933. The van der Waals surface area contributed by atoms with Crippen molar-refractivity contribution >= 4 is 29.9 Å². The highest BCUT2D eigenvalue weighted by Gasteiger charge is 2.32. The molecule has 1 aliphatic rings. The molecule has 0 atom stereocenters. The summed E-state index contributed by atoms with van der Waals surface area (Å²) in [6, 6.07) is 0. The molecule has 2 N–H and O–H groups in total. The predicted molar refractivity (Wildman–Crippen MR) is 99.9 cm³/mol. The number of hydrogen-bond donors (Lipinski definition) is 2. The lowest BCUT2D eigenvalue weighted by molar-refractivity contribution is -0.148. The molecular formula is C15H27F6IN4. The second kappa shape index (κ2) is 12.1. The van der Waals surface area contributed by atoms with Crippen molar-refractivity contribution < 1.29 is 26.3 Å². The Balaban J connectivity index is 0.00000625. The molecule has 1 saturated heterocycles. The largest absolute Gasteiger partial charge is 0.401 e. The fourth-order valence-corrected chi connectivity index (χ4v) is 2.71. The molecule has 4 nitrogen and oxygen atoms in total. The zero-order valence-corrected chi connectivity index (χ0v) is 17.0. The summed E-state index contributed by atoms with van der Waals surface area (Å²) < 4.78 is 73.4. The maximum Gasteiger partial charge on any atom is 0.401 e. The molecule has 26 heavy (non-hydrogen) atoms. The molecule has 0 radical (unpaired) electrons. The molecule has 0 unspecified atom stereocenters. The normalized spacial score (nSPS) is 17.7. The van der Waals surface area contributed by atoms with Crippen molar-refractivity contribution in [2.24, 2.45) is 10.9 Å². The second-order valence-corrected chi connectivity index (χ2v) is 6.18. The van der Waals surface area contributed by atoms with Crippen LogP contribution in [-0.4, -0.2) is 62.5 Å². The molecular weight excluding hydrogens is 477 g/mol. The van der Waals surface area contributed by atoms with Crippen molar-refractivity contribution in [2.45, 2.75) is 45.0 Å². The van der Waals surface area contributed by atoms with Crippen molar-refractivity contribution in [2.75, 3.05) is 39.3 Å². The standard InChI is InChI=1S/C15H26F6N4.HI/c1-2-22-13(24-8-6-14(16,17)18)23-7-3-12-4-9-25(10-5-12)11-15(19,20)21;/h12H,2-11H2,1H3,(H2,22,23,24);1H. The summed E-state index contributed by atoms with van der Waals surface area (Å²) >= 11 is 0. The summed E-state index contributed by atoms with van der Waals surface area (Å²) in [4.78, 5) is 5.64. The van der Waals surface area contributed by atoms with Gasteiger partial charge in [0.1, 0.15) is 0 Å². The van der Waals surface area contributed by atoms with Crippen LogP contribution in [0.4, 0.5) is 26.3 Å². The minimum Gasteiger partial charge on any atom is -0.357 e. The zero-order valence-electron chi connectivity index (χ0n) is 14.7. The van der Waals surface area contributed by atoms with Gasteiger partial charge in [-0.2, -0.15) is 26.3 Å². The van der Waals surface area contributed by atoms with E-state index in [1.54, 1.807) is 0 Å². The van der Waals surface area contributed by atoms with Crippen LogP contribution >= 0.6 is 24.0 Å². The lowest BCUT2D eigenvalue weighted by atomic mass is 9.93. The molecule has 0 amide bonds. The molecule has 0 aromatic carbocycles. The molecule has 1 aliphatic heterocycles. The van der Waals surface area contributed by atoms with Gasteiger partial charge in [-0.1, -0.05) is 0 Å². The van der Waals surface area contributed by atoms with Gasteiger partial charge in [0.2, 0.25) is 0 Å². The van der Waals surface area contributed by atoms with Gasteiger partial charge in [-0.05, 0) is 45.2 Å². The SMILES string of the molecule is CCNC(=NCCC1CCN(CC(F)(F)F)CC1)NCCC(F)(F)F.I. The molecule has 0 saturated carbocycles. The Labute approximate surface area is 167 Å². The van der Waals surface area contributed by atoms with Crippen LogP contribution in [0.15, 0.2) is 4.99 Å². The van der Waals surface area contributed by atoms with Gasteiger partial charge in [0.15, 0.2) is 5.96 Å². The van der Waals surface area contributed by atoms with Crippen LogP contribution in [0.25, 0.3) is 0 Å². The van der Waals surface area contributed by atoms with Crippen LogP contribution in [0.2, 0.25) is 0 Å². The number of piperidine rings is 1. The van der Waals surface area contributed by atoms with Crippen LogP contribution in [-0.2, 0) is 0 Å². The van der Waals surface area contributed by atoms with Crippen molar-refractivity contribution in [1.82, 2.24) is 15.5 Å². The third-order valence-electron chi connectivity index (χ3n) is 3.96. The first-order valence-electron chi connectivity index (χ1n) is 8.47. The monoisotopic (exact) mass is 504 g/mol. The summed E-state index contributed by atoms with van der Waals surface area (Å²) in [5.74, 6) is 0.632. The van der Waals surface area contributed by atoms with Gasteiger partial charge in [-0.3, -0.25) is 9.89 Å². The van der Waals surface area contributed by atoms with Crippen molar-refractivity contribution in [3.63, 3.8) is 0 Å². The number of rotatable bonds is 7. The quantitative estimate of drug-likeness (QED) is 0.240. The third-order valence-corrected chi connectivity index (χ3v) is 3.96. The summed E-state index contributed by atoms with van der Waals surface area (Å²) in [5, 5.41) is 5.51. The van der Waals surface area contributed by atoms with Gasteiger partial charge in [0.25, 0.3) is 0 Å². The summed E-state index contributed by atoms with van der Waals surface area (Å²) in [6.45, 7) is 2.50.